The highest BCUT2D eigenvalue weighted by atomic mass is 16.4. The number of carbonyl (C=O) groups is 1. The molecule has 1 aliphatic rings. The molecule has 0 amide bonds. The Bertz CT molecular complexity index is 405. The summed E-state index contributed by atoms with van der Waals surface area (Å²) in [5.41, 5.74) is 0. The number of nitrogens with one attached hydrogen (secondary N) is 1. The lowest BCUT2D eigenvalue weighted by molar-refractivity contribution is -0.143. The molecule has 1 aromatic rings. The molecule has 0 aromatic carbocycles. The number of aryl methyl sites for hydroxylation is 1. The summed E-state index contributed by atoms with van der Waals surface area (Å²) in [7, 11) is 0. The predicted octanol–water partition coefficient (Wildman–Crippen LogP) is 1.36. The van der Waals surface area contributed by atoms with Gasteiger partial charge in [0, 0.05) is 12.5 Å². The summed E-state index contributed by atoms with van der Waals surface area (Å²) in [6.45, 7) is 2.48. The highest BCUT2D eigenvalue weighted by molar-refractivity contribution is 5.70. The number of rotatable bonds is 5. The van der Waals surface area contributed by atoms with Crippen molar-refractivity contribution in [2.45, 2.75) is 51.6 Å². The van der Waals surface area contributed by atoms with E-state index in [2.05, 4.69) is 15.5 Å². The largest absolute Gasteiger partial charge is 0.481 e. The van der Waals surface area contributed by atoms with Gasteiger partial charge in [-0.1, -0.05) is 13.3 Å². The van der Waals surface area contributed by atoms with Crippen molar-refractivity contribution in [1.82, 2.24) is 15.5 Å². The van der Waals surface area contributed by atoms with Crippen LogP contribution >= 0.6 is 0 Å². The summed E-state index contributed by atoms with van der Waals surface area (Å²) in [6, 6.07) is 0.233. The Labute approximate surface area is 106 Å². The number of carboxylic acids is 1. The van der Waals surface area contributed by atoms with Gasteiger partial charge in [-0.2, -0.15) is 0 Å². The van der Waals surface area contributed by atoms with E-state index < -0.39 is 5.97 Å². The van der Waals surface area contributed by atoms with E-state index in [9.17, 15) is 4.79 Å². The van der Waals surface area contributed by atoms with Crippen LogP contribution in [0.15, 0.2) is 4.42 Å². The number of hydrogen-bond acceptors (Lipinski definition) is 5. The molecular formula is C12H19N3O3. The van der Waals surface area contributed by atoms with Crippen molar-refractivity contribution in [2.75, 3.05) is 0 Å². The fourth-order valence-electron chi connectivity index (χ4n) is 2.33. The fraction of sp³-hybridized carbons (Fsp3) is 0.750. The minimum absolute atomic E-state index is 0.217. The SMILES string of the molecule is CCc1nnc(CNC2CCCC(C(=O)O)C2)o1. The van der Waals surface area contributed by atoms with Gasteiger partial charge in [0.25, 0.3) is 0 Å². The number of aromatic nitrogens is 2. The molecular weight excluding hydrogens is 234 g/mol. The van der Waals surface area contributed by atoms with Gasteiger partial charge >= 0.3 is 5.97 Å². The standard InChI is InChI=1S/C12H19N3O3/c1-2-10-14-15-11(18-10)7-13-9-5-3-4-8(6-9)12(16)17/h8-9,13H,2-7H2,1H3,(H,16,17). The van der Waals surface area contributed by atoms with E-state index in [4.69, 9.17) is 9.52 Å². The Balaban J connectivity index is 1.80. The molecule has 0 spiro atoms. The van der Waals surface area contributed by atoms with E-state index in [0.29, 0.717) is 24.7 Å². The van der Waals surface area contributed by atoms with Gasteiger partial charge in [-0.15, -0.1) is 10.2 Å². The van der Waals surface area contributed by atoms with Crippen LogP contribution in [0, 0.1) is 5.92 Å². The molecule has 100 valence electrons. The average molecular weight is 253 g/mol. The fourth-order valence-corrected chi connectivity index (χ4v) is 2.33. The molecule has 0 aliphatic heterocycles. The molecule has 0 saturated heterocycles. The van der Waals surface area contributed by atoms with Crippen molar-refractivity contribution >= 4 is 5.97 Å². The first kappa shape index (κ1) is 13.0. The van der Waals surface area contributed by atoms with Crippen LogP contribution in [0.3, 0.4) is 0 Å². The molecule has 1 heterocycles. The Morgan fingerprint density at radius 2 is 2.22 bits per heavy atom. The quantitative estimate of drug-likeness (QED) is 0.823. The first-order chi connectivity index (χ1) is 8.69. The van der Waals surface area contributed by atoms with Gasteiger partial charge in [0.05, 0.1) is 12.5 Å². The van der Waals surface area contributed by atoms with Crippen molar-refractivity contribution in [3.8, 4) is 0 Å². The zero-order valence-electron chi connectivity index (χ0n) is 10.6. The van der Waals surface area contributed by atoms with Crippen molar-refractivity contribution < 1.29 is 14.3 Å². The Kier molecular flexibility index (Phi) is 4.30. The van der Waals surface area contributed by atoms with E-state index in [1.54, 1.807) is 0 Å². The topological polar surface area (TPSA) is 88.2 Å². The zero-order chi connectivity index (χ0) is 13.0. The lowest BCUT2D eigenvalue weighted by Crippen LogP contribution is -2.36. The van der Waals surface area contributed by atoms with E-state index in [1.165, 1.54) is 0 Å². The van der Waals surface area contributed by atoms with Crippen LogP contribution in [0.2, 0.25) is 0 Å². The number of nitrogens with zero attached hydrogens (tertiary/aromatic N) is 2. The second kappa shape index (κ2) is 5.95. The van der Waals surface area contributed by atoms with Gasteiger partial charge in [-0.05, 0) is 19.3 Å². The molecule has 0 radical (unpaired) electrons. The van der Waals surface area contributed by atoms with E-state index in [1.807, 2.05) is 6.92 Å². The average Bonchev–Trinajstić information content (AvgIpc) is 2.84. The van der Waals surface area contributed by atoms with Gasteiger partial charge in [0.2, 0.25) is 11.8 Å². The van der Waals surface area contributed by atoms with Gasteiger partial charge in [-0.3, -0.25) is 4.79 Å². The van der Waals surface area contributed by atoms with Crippen LogP contribution in [0.1, 0.15) is 44.4 Å². The van der Waals surface area contributed by atoms with Gasteiger partial charge in [0.15, 0.2) is 0 Å². The predicted molar refractivity (Wildman–Crippen MR) is 63.9 cm³/mol. The van der Waals surface area contributed by atoms with Crippen LogP contribution in [0.5, 0.6) is 0 Å². The van der Waals surface area contributed by atoms with Crippen LogP contribution in [0.4, 0.5) is 0 Å². The normalized spacial score (nSPS) is 24.1. The Morgan fingerprint density at radius 1 is 1.44 bits per heavy atom. The molecule has 2 N–H and O–H groups in total. The third kappa shape index (κ3) is 3.29. The van der Waals surface area contributed by atoms with Crippen LogP contribution in [-0.4, -0.2) is 27.3 Å². The number of hydrogen-bond donors (Lipinski definition) is 2. The van der Waals surface area contributed by atoms with Crippen molar-refractivity contribution in [3.05, 3.63) is 11.8 Å². The summed E-state index contributed by atoms with van der Waals surface area (Å²) in [5, 5.41) is 20.1. The van der Waals surface area contributed by atoms with Crippen molar-refractivity contribution in [2.24, 2.45) is 5.92 Å². The van der Waals surface area contributed by atoms with Gasteiger partial charge < -0.3 is 14.8 Å². The molecule has 18 heavy (non-hydrogen) atoms. The molecule has 2 unspecified atom stereocenters. The van der Waals surface area contributed by atoms with Crippen molar-refractivity contribution in [1.29, 1.82) is 0 Å². The molecule has 0 bridgehead atoms. The third-order valence-corrected chi connectivity index (χ3v) is 3.38. The number of aliphatic carboxylic acids is 1. The lowest BCUT2D eigenvalue weighted by atomic mass is 9.86. The maximum atomic E-state index is 10.9. The van der Waals surface area contributed by atoms with E-state index >= 15 is 0 Å². The molecule has 1 aliphatic carbocycles. The molecule has 1 fully saturated rings. The highest BCUT2D eigenvalue weighted by Gasteiger charge is 2.26. The summed E-state index contributed by atoms with van der Waals surface area (Å²) in [6.07, 6.45) is 4.17. The second-order valence-corrected chi connectivity index (χ2v) is 4.72. The number of carboxylic acid groups (broad SMARTS) is 1. The Morgan fingerprint density at radius 3 is 2.89 bits per heavy atom. The first-order valence-electron chi connectivity index (χ1n) is 6.46. The second-order valence-electron chi connectivity index (χ2n) is 4.72. The minimum Gasteiger partial charge on any atom is -0.481 e. The molecule has 2 atom stereocenters. The van der Waals surface area contributed by atoms with E-state index in [-0.39, 0.29) is 12.0 Å². The molecule has 2 rings (SSSR count). The maximum Gasteiger partial charge on any atom is 0.306 e. The third-order valence-electron chi connectivity index (χ3n) is 3.38. The van der Waals surface area contributed by atoms with Crippen LogP contribution in [-0.2, 0) is 17.8 Å². The molecule has 1 aromatic heterocycles. The summed E-state index contributed by atoms with van der Waals surface area (Å²) < 4.78 is 5.40. The highest BCUT2D eigenvalue weighted by Crippen LogP contribution is 2.24. The Hall–Kier alpha value is -1.43. The van der Waals surface area contributed by atoms with Crippen molar-refractivity contribution in [3.63, 3.8) is 0 Å². The maximum absolute atomic E-state index is 10.9. The summed E-state index contributed by atoms with van der Waals surface area (Å²) >= 11 is 0. The van der Waals surface area contributed by atoms with Crippen LogP contribution < -0.4 is 5.32 Å². The lowest BCUT2D eigenvalue weighted by Gasteiger charge is -2.26. The summed E-state index contributed by atoms with van der Waals surface area (Å²) in [4.78, 5) is 10.9. The van der Waals surface area contributed by atoms with Crippen LogP contribution in [0.25, 0.3) is 0 Å². The van der Waals surface area contributed by atoms with Gasteiger partial charge in [-0.25, -0.2) is 0 Å². The first-order valence-corrected chi connectivity index (χ1v) is 6.46. The molecule has 6 nitrogen and oxygen atoms in total. The smallest absolute Gasteiger partial charge is 0.306 e. The molecule has 1 saturated carbocycles. The summed E-state index contributed by atoms with van der Waals surface area (Å²) in [5.74, 6) is 0.306. The molecule has 6 heteroatoms. The van der Waals surface area contributed by atoms with Gasteiger partial charge in [0.1, 0.15) is 0 Å². The monoisotopic (exact) mass is 253 g/mol. The van der Waals surface area contributed by atoms with E-state index in [0.717, 1.165) is 25.7 Å². The zero-order valence-corrected chi connectivity index (χ0v) is 10.6. The minimum atomic E-state index is -0.687.